The maximum Gasteiger partial charge on any atom is 0.242 e. The highest BCUT2D eigenvalue weighted by atomic mass is 32.2. The van der Waals surface area contributed by atoms with Gasteiger partial charge in [-0.1, -0.05) is 60.3 Å². The highest BCUT2D eigenvalue weighted by molar-refractivity contribution is 8.15. The van der Waals surface area contributed by atoms with Crippen molar-refractivity contribution >= 4 is 40.1 Å². The second-order valence-electron chi connectivity index (χ2n) is 7.01. The molecular weight excluding hydrogens is 413 g/mol. The third-order valence-corrected chi connectivity index (χ3v) is 5.86. The number of benzene rings is 3. The van der Waals surface area contributed by atoms with Gasteiger partial charge in [0.1, 0.15) is 11.1 Å². The first kappa shape index (κ1) is 20.8. The molecule has 1 aliphatic heterocycles. The highest BCUT2D eigenvalue weighted by Gasteiger charge is 2.39. The molecule has 0 radical (unpaired) electrons. The largest absolute Gasteiger partial charge is 0.326 e. The average Bonchev–Trinajstić information content (AvgIpc) is 3.05. The molecule has 1 atom stereocenters. The molecule has 0 bridgehead atoms. The van der Waals surface area contributed by atoms with Crippen LogP contribution in [0, 0.1) is 5.82 Å². The van der Waals surface area contributed by atoms with Gasteiger partial charge < -0.3 is 5.32 Å². The number of hydrogen-bond acceptors (Lipinski definition) is 4. The second-order valence-corrected chi connectivity index (χ2v) is 8.18. The third kappa shape index (κ3) is 5.38. The molecule has 1 saturated heterocycles. The van der Waals surface area contributed by atoms with Gasteiger partial charge in [-0.25, -0.2) is 9.38 Å². The number of thioether (sulfide) groups is 1. The Balaban J connectivity index is 1.52. The molecule has 1 heterocycles. The summed E-state index contributed by atoms with van der Waals surface area (Å²) in [6.45, 7) is 0.383. The van der Waals surface area contributed by atoms with Crippen molar-refractivity contribution in [1.82, 2.24) is 4.90 Å². The van der Waals surface area contributed by atoms with Gasteiger partial charge in [-0.2, -0.15) is 0 Å². The monoisotopic (exact) mass is 433 g/mol. The zero-order valence-corrected chi connectivity index (χ0v) is 17.4. The Bertz CT molecular complexity index is 1090. The van der Waals surface area contributed by atoms with Crippen LogP contribution in [-0.2, 0) is 16.1 Å². The number of nitrogens with one attached hydrogen (secondary N) is 1. The minimum Gasteiger partial charge on any atom is -0.326 e. The van der Waals surface area contributed by atoms with Crippen LogP contribution in [-0.4, -0.2) is 27.1 Å². The number of amides is 2. The van der Waals surface area contributed by atoms with E-state index in [1.807, 2.05) is 60.7 Å². The van der Waals surface area contributed by atoms with Gasteiger partial charge in [-0.05, 0) is 42.0 Å². The fourth-order valence-electron chi connectivity index (χ4n) is 3.16. The van der Waals surface area contributed by atoms with E-state index in [1.54, 1.807) is 4.90 Å². The van der Waals surface area contributed by atoms with E-state index in [0.29, 0.717) is 17.4 Å². The molecule has 1 aliphatic rings. The van der Waals surface area contributed by atoms with Crippen LogP contribution in [0.1, 0.15) is 12.0 Å². The first-order valence-corrected chi connectivity index (χ1v) is 10.7. The molecule has 1 fully saturated rings. The fraction of sp³-hybridized carbons (Fsp3) is 0.125. The standard InChI is InChI=1S/C24H20FN3O2S/c25-18-11-13-20(14-12-18)26-22(29)15-21-23(30)28(16-17-7-3-1-4-8-17)24(31-21)27-19-9-5-2-6-10-19/h1-14,21H,15-16H2,(H,26,29)/t21-/m1/s1. The highest BCUT2D eigenvalue weighted by Crippen LogP contribution is 2.33. The smallest absolute Gasteiger partial charge is 0.242 e. The Morgan fingerprint density at radius 2 is 1.61 bits per heavy atom. The zero-order chi connectivity index (χ0) is 21.6. The Labute approximate surface area is 184 Å². The summed E-state index contributed by atoms with van der Waals surface area (Å²) in [5, 5.41) is 2.71. The number of amidine groups is 1. The van der Waals surface area contributed by atoms with Gasteiger partial charge in [0.2, 0.25) is 11.8 Å². The number of rotatable bonds is 6. The van der Waals surface area contributed by atoms with E-state index in [2.05, 4.69) is 10.3 Å². The van der Waals surface area contributed by atoms with Crippen molar-refractivity contribution in [2.24, 2.45) is 4.99 Å². The van der Waals surface area contributed by atoms with Crippen LogP contribution < -0.4 is 5.32 Å². The van der Waals surface area contributed by atoms with Crippen LogP contribution in [0.3, 0.4) is 0 Å². The van der Waals surface area contributed by atoms with Crippen LogP contribution >= 0.6 is 11.8 Å². The molecular formula is C24H20FN3O2S. The number of carbonyl (C=O) groups excluding carboxylic acids is 2. The van der Waals surface area contributed by atoms with E-state index in [0.717, 1.165) is 11.3 Å². The van der Waals surface area contributed by atoms with Crippen molar-refractivity contribution in [3.63, 3.8) is 0 Å². The summed E-state index contributed by atoms with van der Waals surface area (Å²) in [5.74, 6) is -0.839. The summed E-state index contributed by atoms with van der Waals surface area (Å²) in [4.78, 5) is 31.9. The lowest BCUT2D eigenvalue weighted by Gasteiger charge is -2.16. The summed E-state index contributed by atoms with van der Waals surface area (Å²) >= 11 is 1.29. The average molecular weight is 434 g/mol. The van der Waals surface area contributed by atoms with Crippen molar-refractivity contribution in [2.45, 2.75) is 18.2 Å². The number of hydrogen-bond donors (Lipinski definition) is 1. The van der Waals surface area contributed by atoms with Gasteiger partial charge in [0.05, 0.1) is 12.2 Å². The fourth-order valence-corrected chi connectivity index (χ4v) is 4.32. The topological polar surface area (TPSA) is 61.8 Å². The molecule has 0 aliphatic carbocycles. The molecule has 1 N–H and O–H groups in total. The molecule has 5 nitrogen and oxygen atoms in total. The lowest BCUT2D eigenvalue weighted by molar-refractivity contribution is -0.128. The van der Waals surface area contributed by atoms with Gasteiger partial charge >= 0.3 is 0 Å². The third-order valence-electron chi connectivity index (χ3n) is 4.68. The van der Waals surface area contributed by atoms with Crippen LogP contribution in [0.15, 0.2) is 89.9 Å². The molecule has 0 spiro atoms. The lowest BCUT2D eigenvalue weighted by atomic mass is 10.2. The molecule has 2 amide bonds. The summed E-state index contributed by atoms with van der Waals surface area (Å²) in [5.41, 5.74) is 2.21. The SMILES string of the molecule is O=C(C[C@H]1SC(=Nc2ccccc2)N(Cc2ccccc2)C1=O)Nc1ccc(F)cc1. The molecule has 4 rings (SSSR count). The van der Waals surface area contributed by atoms with E-state index in [-0.39, 0.29) is 24.1 Å². The Kier molecular flexibility index (Phi) is 6.43. The summed E-state index contributed by atoms with van der Waals surface area (Å²) in [6, 6.07) is 24.6. The molecule has 0 unspecified atom stereocenters. The number of para-hydroxylation sites is 1. The summed E-state index contributed by atoms with van der Waals surface area (Å²) in [6.07, 6.45) is -0.0000240. The Morgan fingerprint density at radius 3 is 2.29 bits per heavy atom. The van der Waals surface area contributed by atoms with E-state index in [9.17, 15) is 14.0 Å². The van der Waals surface area contributed by atoms with Crippen molar-refractivity contribution in [3.8, 4) is 0 Å². The Morgan fingerprint density at radius 1 is 0.968 bits per heavy atom. The van der Waals surface area contributed by atoms with Crippen molar-refractivity contribution in [3.05, 3.63) is 96.3 Å². The first-order valence-electron chi connectivity index (χ1n) is 9.79. The maximum absolute atomic E-state index is 13.1. The maximum atomic E-state index is 13.1. The summed E-state index contributed by atoms with van der Waals surface area (Å²) in [7, 11) is 0. The van der Waals surface area contributed by atoms with Gasteiger partial charge in [-0.3, -0.25) is 14.5 Å². The van der Waals surface area contributed by atoms with Gasteiger partial charge in [0, 0.05) is 12.1 Å². The summed E-state index contributed by atoms with van der Waals surface area (Å²) < 4.78 is 13.1. The predicted molar refractivity (Wildman–Crippen MR) is 122 cm³/mol. The number of nitrogens with zero attached hydrogens (tertiary/aromatic N) is 2. The second kappa shape index (κ2) is 9.57. The molecule has 3 aromatic carbocycles. The van der Waals surface area contributed by atoms with Gasteiger partial charge in [-0.15, -0.1) is 0 Å². The quantitative estimate of drug-likeness (QED) is 0.596. The van der Waals surface area contributed by atoms with E-state index >= 15 is 0 Å². The normalized spacial score (nSPS) is 17.2. The van der Waals surface area contributed by atoms with E-state index in [1.165, 1.54) is 36.0 Å². The predicted octanol–water partition coefficient (Wildman–Crippen LogP) is 4.99. The molecule has 156 valence electrons. The molecule has 7 heteroatoms. The number of aliphatic imine (C=N–C) groups is 1. The Hall–Kier alpha value is -3.45. The minimum atomic E-state index is -0.577. The zero-order valence-electron chi connectivity index (χ0n) is 16.6. The van der Waals surface area contributed by atoms with Crippen LogP contribution in [0.2, 0.25) is 0 Å². The van der Waals surface area contributed by atoms with Crippen molar-refractivity contribution < 1.29 is 14.0 Å². The number of halogens is 1. The van der Waals surface area contributed by atoms with Gasteiger partial charge in [0.15, 0.2) is 5.17 Å². The first-order chi connectivity index (χ1) is 15.1. The molecule has 3 aromatic rings. The number of anilines is 1. The lowest BCUT2D eigenvalue weighted by Crippen LogP contribution is -2.33. The number of carbonyl (C=O) groups is 2. The van der Waals surface area contributed by atoms with Crippen LogP contribution in [0.4, 0.5) is 15.8 Å². The molecule has 0 aromatic heterocycles. The van der Waals surface area contributed by atoms with E-state index in [4.69, 9.17) is 0 Å². The van der Waals surface area contributed by atoms with Crippen LogP contribution in [0.5, 0.6) is 0 Å². The van der Waals surface area contributed by atoms with Crippen LogP contribution in [0.25, 0.3) is 0 Å². The molecule has 31 heavy (non-hydrogen) atoms. The minimum absolute atomic E-state index is 0.0000240. The van der Waals surface area contributed by atoms with Crippen molar-refractivity contribution in [2.75, 3.05) is 5.32 Å². The van der Waals surface area contributed by atoms with Gasteiger partial charge in [0.25, 0.3) is 0 Å². The van der Waals surface area contributed by atoms with E-state index < -0.39 is 5.25 Å². The van der Waals surface area contributed by atoms with Crippen molar-refractivity contribution in [1.29, 1.82) is 0 Å². The molecule has 0 saturated carbocycles.